The number of hydrogen-bond acceptors (Lipinski definition) is 4. The van der Waals surface area contributed by atoms with Crippen molar-refractivity contribution in [3.8, 4) is 0 Å². The van der Waals surface area contributed by atoms with E-state index in [1.807, 2.05) is 11.0 Å². The van der Waals surface area contributed by atoms with Crippen LogP contribution in [0.4, 0.5) is 0 Å². The molecular weight excluding hydrogens is 304 g/mol. The van der Waals surface area contributed by atoms with Crippen LogP contribution in [0.3, 0.4) is 0 Å². The Morgan fingerprint density at radius 2 is 2.12 bits per heavy atom. The smallest absolute Gasteiger partial charge is 0.255 e. The lowest BCUT2D eigenvalue weighted by molar-refractivity contribution is -0.156. The molecule has 1 aliphatic carbocycles. The number of amides is 1. The van der Waals surface area contributed by atoms with Gasteiger partial charge in [0.15, 0.2) is 5.60 Å². The molecule has 1 saturated carbocycles. The number of aliphatic hydroxyl groups is 1. The zero-order valence-electron chi connectivity index (χ0n) is 14.5. The van der Waals surface area contributed by atoms with Crippen LogP contribution in [0.1, 0.15) is 56.9 Å². The fraction of sp³-hybridized carbons (Fsp3) is 0.737. The standard InChI is InChI=1S/C19H30N2O3/c22-18-19(23,15-20-13-17-8-12-24-14-17)9-4-10-21(18)11-7-16-5-2-1-3-6-16/h8,12,14,16,20,23H,1-7,9-11,13,15H2. The summed E-state index contributed by atoms with van der Waals surface area (Å²) in [5.41, 5.74) is -0.231. The minimum atomic E-state index is -1.26. The average Bonchev–Trinajstić information content (AvgIpc) is 3.11. The maximum atomic E-state index is 12.7. The van der Waals surface area contributed by atoms with Gasteiger partial charge in [-0.25, -0.2) is 0 Å². The van der Waals surface area contributed by atoms with E-state index >= 15 is 0 Å². The van der Waals surface area contributed by atoms with Crippen molar-refractivity contribution >= 4 is 5.91 Å². The van der Waals surface area contributed by atoms with Gasteiger partial charge in [0.2, 0.25) is 0 Å². The molecular formula is C19H30N2O3. The molecule has 134 valence electrons. The second-order valence-corrected chi connectivity index (χ2v) is 7.46. The van der Waals surface area contributed by atoms with Gasteiger partial charge in [-0.05, 0) is 31.2 Å². The van der Waals surface area contributed by atoms with Crippen LogP contribution in [-0.4, -0.2) is 41.1 Å². The Balaban J connectivity index is 1.47. The minimum Gasteiger partial charge on any atom is -0.472 e. The topological polar surface area (TPSA) is 65.7 Å². The third kappa shape index (κ3) is 4.39. The van der Waals surface area contributed by atoms with Crippen LogP contribution in [-0.2, 0) is 11.3 Å². The summed E-state index contributed by atoms with van der Waals surface area (Å²) in [6, 6.07) is 1.89. The number of nitrogens with zero attached hydrogens (tertiary/aromatic N) is 1. The van der Waals surface area contributed by atoms with Crippen LogP contribution in [0.25, 0.3) is 0 Å². The average molecular weight is 334 g/mol. The van der Waals surface area contributed by atoms with Crippen molar-refractivity contribution in [1.29, 1.82) is 0 Å². The van der Waals surface area contributed by atoms with Crippen molar-refractivity contribution in [1.82, 2.24) is 10.2 Å². The zero-order chi connectivity index (χ0) is 16.8. The molecule has 1 unspecified atom stereocenters. The number of carbonyl (C=O) groups is 1. The maximum absolute atomic E-state index is 12.7. The Hall–Kier alpha value is -1.33. The van der Waals surface area contributed by atoms with E-state index in [0.717, 1.165) is 37.4 Å². The Labute approximate surface area is 144 Å². The van der Waals surface area contributed by atoms with Crippen LogP contribution in [0.5, 0.6) is 0 Å². The zero-order valence-corrected chi connectivity index (χ0v) is 14.5. The largest absolute Gasteiger partial charge is 0.472 e. The highest BCUT2D eigenvalue weighted by Crippen LogP contribution is 2.28. The third-order valence-electron chi connectivity index (χ3n) is 5.56. The molecule has 24 heavy (non-hydrogen) atoms. The minimum absolute atomic E-state index is 0.0933. The summed E-state index contributed by atoms with van der Waals surface area (Å²) in [4.78, 5) is 14.6. The fourth-order valence-electron chi connectivity index (χ4n) is 4.06. The molecule has 1 aromatic heterocycles. The van der Waals surface area contributed by atoms with Gasteiger partial charge in [-0.15, -0.1) is 0 Å². The number of nitrogens with one attached hydrogen (secondary N) is 1. The second kappa shape index (κ2) is 8.17. The molecule has 1 aromatic rings. The van der Waals surface area contributed by atoms with Crippen LogP contribution < -0.4 is 5.32 Å². The van der Waals surface area contributed by atoms with Gasteiger partial charge in [0.1, 0.15) is 0 Å². The highest BCUT2D eigenvalue weighted by Gasteiger charge is 2.41. The Morgan fingerprint density at radius 3 is 2.88 bits per heavy atom. The summed E-state index contributed by atoms with van der Waals surface area (Å²) >= 11 is 0. The van der Waals surface area contributed by atoms with E-state index < -0.39 is 5.60 Å². The lowest BCUT2D eigenvalue weighted by atomic mass is 9.86. The van der Waals surface area contributed by atoms with E-state index in [1.165, 1.54) is 32.1 Å². The molecule has 0 bridgehead atoms. The van der Waals surface area contributed by atoms with Crippen molar-refractivity contribution in [3.63, 3.8) is 0 Å². The third-order valence-corrected chi connectivity index (χ3v) is 5.56. The van der Waals surface area contributed by atoms with Gasteiger partial charge in [0, 0.05) is 31.7 Å². The van der Waals surface area contributed by atoms with E-state index in [-0.39, 0.29) is 5.91 Å². The Morgan fingerprint density at radius 1 is 1.29 bits per heavy atom. The van der Waals surface area contributed by atoms with Gasteiger partial charge in [0.05, 0.1) is 12.5 Å². The van der Waals surface area contributed by atoms with Gasteiger partial charge >= 0.3 is 0 Å². The summed E-state index contributed by atoms with van der Waals surface area (Å²) in [7, 11) is 0. The highest BCUT2D eigenvalue weighted by molar-refractivity contribution is 5.86. The van der Waals surface area contributed by atoms with E-state index in [4.69, 9.17) is 4.42 Å². The molecule has 0 spiro atoms. The molecule has 0 aromatic carbocycles. The first kappa shape index (κ1) is 17.5. The highest BCUT2D eigenvalue weighted by atomic mass is 16.3. The number of piperidine rings is 1. The summed E-state index contributed by atoms with van der Waals surface area (Å²) in [5.74, 6) is 0.671. The summed E-state index contributed by atoms with van der Waals surface area (Å²) in [6.07, 6.45) is 12.5. The number of rotatable bonds is 7. The van der Waals surface area contributed by atoms with E-state index in [2.05, 4.69) is 5.32 Å². The van der Waals surface area contributed by atoms with Crippen molar-refractivity contribution < 1.29 is 14.3 Å². The molecule has 0 radical (unpaired) electrons. The number of furan rings is 1. The number of likely N-dealkylation sites (tertiary alicyclic amines) is 1. The van der Waals surface area contributed by atoms with Crippen molar-refractivity contribution in [2.75, 3.05) is 19.6 Å². The first-order valence-corrected chi connectivity index (χ1v) is 9.41. The summed E-state index contributed by atoms with van der Waals surface area (Å²) in [6.45, 7) is 2.49. The first-order chi connectivity index (χ1) is 11.7. The molecule has 1 amide bonds. The Kier molecular flexibility index (Phi) is 5.95. The van der Waals surface area contributed by atoms with Gasteiger partial charge in [-0.3, -0.25) is 4.79 Å². The van der Waals surface area contributed by atoms with Crippen LogP contribution in [0.15, 0.2) is 23.0 Å². The summed E-state index contributed by atoms with van der Waals surface area (Å²) in [5, 5.41) is 14.0. The molecule has 3 rings (SSSR count). The van der Waals surface area contributed by atoms with Crippen LogP contribution in [0.2, 0.25) is 0 Å². The predicted molar refractivity (Wildman–Crippen MR) is 92.4 cm³/mol. The SMILES string of the molecule is O=C1N(CCC2CCCCC2)CCCC1(O)CNCc1ccoc1. The quantitative estimate of drug-likeness (QED) is 0.805. The Bertz CT molecular complexity index is 511. The van der Waals surface area contributed by atoms with Crippen molar-refractivity contribution in [3.05, 3.63) is 24.2 Å². The molecule has 2 fully saturated rings. The lowest BCUT2D eigenvalue weighted by Gasteiger charge is -2.39. The maximum Gasteiger partial charge on any atom is 0.255 e. The number of hydrogen-bond donors (Lipinski definition) is 2. The molecule has 5 heteroatoms. The van der Waals surface area contributed by atoms with Crippen molar-refractivity contribution in [2.45, 2.75) is 63.5 Å². The molecule has 1 aliphatic heterocycles. The monoisotopic (exact) mass is 334 g/mol. The molecule has 1 atom stereocenters. The van der Waals surface area contributed by atoms with Crippen molar-refractivity contribution in [2.24, 2.45) is 5.92 Å². The van der Waals surface area contributed by atoms with Crippen LogP contribution >= 0.6 is 0 Å². The lowest BCUT2D eigenvalue weighted by Crippen LogP contribution is -2.58. The van der Waals surface area contributed by atoms with Gasteiger partial charge in [0.25, 0.3) is 5.91 Å². The first-order valence-electron chi connectivity index (χ1n) is 9.41. The van der Waals surface area contributed by atoms with Gasteiger partial charge in [-0.1, -0.05) is 32.1 Å². The van der Waals surface area contributed by atoms with Crippen LogP contribution in [0, 0.1) is 5.92 Å². The molecule has 5 nitrogen and oxygen atoms in total. The molecule has 2 heterocycles. The second-order valence-electron chi connectivity index (χ2n) is 7.46. The predicted octanol–water partition coefficient (Wildman–Crippen LogP) is 2.69. The number of carbonyl (C=O) groups excluding carboxylic acids is 1. The van der Waals surface area contributed by atoms with E-state index in [0.29, 0.717) is 19.5 Å². The van der Waals surface area contributed by atoms with Gasteiger partial charge < -0.3 is 19.7 Å². The van der Waals surface area contributed by atoms with Gasteiger partial charge in [-0.2, -0.15) is 0 Å². The molecule has 1 saturated heterocycles. The summed E-state index contributed by atoms with van der Waals surface area (Å²) < 4.78 is 5.03. The van der Waals surface area contributed by atoms with E-state index in [9.17, 15) is 9.90 Å². The van der Waals surface area contributed by atoms with E-state index in [1.54, 1.807) is 12.5 Å². The molecule has 2 aliphatic rings. The fourth-order valence-corrected chi connectivity index (χ4v) is 4.06. The molecule has 2 N–H and O–H groups in total. The normalized spacial score (nSPS) is 26.0.